The lowest BCUT2D eigenvalue weighted by molar-refractivity contribution is -0.141. The van der Waals surface area contributed by atoms with Crippen molar-refractivity contribution in [1.29, 1.82) is 0 Å². The Morgan fingerprint density at radius 2 is 1.75 bits per heavy atom. The molecule has 0 saturated carbocycles. The zero-order chi connectivity index (χ0) is 17.2. The fraction of sp³-hybridized carbons (Fsp3) is 0.444. The SMILES string of the molecule is CCC1(c2ccccc2)CCN(c2nccc(C(F)(F)F)n2)CC1. The van der Waals surface area contributed by atoms with Crippen LogP contribution in [0.2, 0.25) is 0 Å². The number of nitrogens with zero attached hydrogens (tertiary/aromatic N) is 3. The normalized spacial score (nSPS) is 17.8. The predicted molar refractivity (Wildman–Crippen MR) is 86.9 cm³/mol. The number of anilines is 1. The molecule has 3 nitrogen and oxygen atoms in total. The molecule has 0 unspecified atom stereocenters. The molecule has 0 amide bonds. The molecular formula is C18H20F3N3. The van der Waals surface area contributed by atoms with Crippen LogP contribution < -0.4 is 4.90 Å². The Balaban J connectivity index is 1.78. The van der Waals surface area contributed by atoms with Crippen molar-refractivity contribution >= 4 is 5.95 Å². The third-order valence-corrected chi connectivity index (χ3v) is 5.00. The van der Waals surface area contributed by atoms with E-state index in [4.69, 9.17) is 0 Å². The summed E-state index contributed by atoms with van der Waals surface area (Å²) in [6.07, 6.45) is -0.483. The van der Waals surface area contributed by atoms with Gasteiger partial charge < -0.3 is 4.90 Å². The van der Waals surface area contributed by atoms with Crippen LogP contribution in [0, 0.1) is 0 Å². The smallest absolute Gasteiger partial charge is 0.341 e. The van der Waals surface area contributed by atoms with Crippen LogP contribution in [0.4, 0.5) is 19.1 Å². The molecule has 6 heteroatoms. The molecule has 2 aromatic rings. The van der Waals surface area contributed by atoms with Crippen LogP contribution in [-0.4, -0.2) is 23.1 Å². The lowest BCUT2D eigenvalue weighted by Crippen LogP contribution is -2.43. The van der Waals surface area contributed by atoms with E-state index in [-0.39, 0.29) is 11.4 Å². The van der Waals surface area contributed by atoms with E-state index in [9.17, 15) is 13.2 Å². The molecule has 128 valence electrons. The van der Waals surface area contributed by atoms with Crippen molar-refractivity contribution in [3.63, 3.8) is 0 Å². The van der Waals surface area contributed by atoms with Crippen LogP contribution in [0.3, 0.4) is 0 Å². The van der Waals surface area contributed by atoms with E-state index in [0.717, 1.165) is 25.3 Å². The Morgan fingerprint density at radius 1 is 1.08 bits per heavy atom. The van der Waals surface area contributed by atoms with Gasteiger partial charge in [-0.2, -0.15) is 13.2 Å². The molecule has 0 aliphatic carbocycles. The van der Waals surface area contributed by atoms with Crippen molar-refractivity contribution in [3.05, 3.63) is 53.9 Å². The molecule has 1 fully saturated rings. The van der Waals surface area contributed by atoms with Crippen molar-refractivity contribution in [1.82, 2.24) is 9.97 Å². The van der Waals surface area contributed by atoms with Crippen LogP contribution >= 0.6 is 0 Å². The zero-order valence-corrected chi connectivity index (χ0v) is 13.6. The van der Waals surface area contributed by atoms with E-state index in [1.165, 1.54) is 11.8 Å². The van der Waals surface area contributed by atoms with E-state index in [1.54, 1.807) is 0 Å². The Bertz CT molecular complexity index is 677. The Hall–Kier alpha value is -2.11. The van der Waals surface area contributed by atoms with Gasteiger partial charge in [0.2, 0.25) is 5.95 Å². The number of alkyl halides is 3. The summed E-state index contributed by atoms with van der Waals surface area (Å²) < 4.78 is 38.5. The number of benzene rings is 1. The average molecular weight is 335 g/mol. The molecule has 0 radical (unpaired) electrons. The van der Waals surface area contributed by atoms with Gasteiger partial charge in [-0.15, -0.1) is 0 Å². The topological polar surface area (TPSA) is 29.0 Å². The van der Waals surface area contributed by atoms with E-state index in [1.807, 2.05) is 23.1 Å². The maximum Gasteiger partial charge on any atom is 0.433 e. The summed E-state index contributed by atoms with van der Waals surface area (Å²) >= 11 is 0. The Kier molecular flexibility index (Phi) is 4.47. The highest BCUT2D eigenvalue weighted by atomic mass is 19.4. The minimum atomic E-state index is -4.44. The molecule has 0 spiro atoms. The highest BCUT2D eigenvalue weighted by Crippen LogP contribution is 2.39. The second-order valence-electron chi connectivity index (χ2n) is 6.23. The van der Waals surface area contributed by atoms with E-state index in [2.05, 4.69) is 29.0 Å². The second-order valence-corrected chi connectivity index (χ2v) is 6.23. The molecule has 0 bridgehead atoms. The van der Waals surface area contributed by atoms with E-state index >= 15 is 0 Å². The molecule has 1 saturated heterocycles. The Labute approximate surface area is 139 Å². The number of piperidine rings is 1. The summed E-state index contributed by atoms with van der Waals surface area (Å²) in [4.78, 5) is 9.59. The highest BCUT2D eigenvalue weighted by Gasteiger charge is 2.37. The third kappa shape index (κ3) is 3.23. The summed E-state index contributed by atoms with van der Waals surface area (Å²) in [5, 5.41) is 0. The number of aromatic nitrogens is 2. The minimum absolute atomic E-state index is 0.0827. The number of hydrogen-bond acceptors (Lipinski definition) is 3. The molecule has 1 aromatic heterocycles. The summed E-state index contributed by atoms with van der Waals surface area (Å²) in [5.74, 6) is 0.169. The Morgan fingerprint density at radius 3 is 2.33 bits per heavy atom. The van der Waals surface area contributed by atoms with Gasteiger partial charge in [0.1, 0.15) is 5.69 Å². The molecule has 1 aliphatic heterocycles. The first-order valence-corrected chi connectivity index (χ1v) is 8.15. The summed E-state index contributed by atoms with van der Waals surface area (Å²) in [5.41, 5.74) is 0.499. The molecule has 24 heavy (non-hydrogen) atoms. The van der Waals surface area contributed by atoms with Gasteiger partial charge in [0.15, 0.2) is 0 Å². The van der Waals surface area contributed by atoms with E-state index < -0.39 is 11.9 Å². The number of hydrogen-bond donors (Lipinski definition) is 0. The van der Waals surface area contributed by atoms with Crippen LogP contribution in [0.5, 0.6) is 0 Å². The first kappa shape index (κ1) is 16.7. The van der Waals surface area contributed by atoms with Gasteiger partial charge in [0.05, 0.1) is 0 Å². The van der Waals surface area contributed by atoms with Crippen molar-refractivity contribution in [2.75, 3.05) is 18.0 Å². The van der Waals surface area contributed by atoms with Crippen LogP contribution in [0.15, 0.2) is 42.6 Å². The van der Waals surface area contributed by atoms with Gasteiger partial charge in [-0.25, -0.2) is 9.97 Å². The highest BCUT2D eigenvalue weighted by molar-refractivity contribution is 5.35. The fourth-order valence-corrected chi connectivity index (χ4v) is 3.43. The summed E-state index contributed by atoms with van der Waals surface area (Å²) in [6, 6.07) is 11.3. The second kappa shape index (κ2) is 6.42. The number of halogens is 3. The lowest BCUT2D eigenvalue weighted by atomic mass is 9.71. The first-order valence-electron chi connectivity index (χ1n) is 8.15. The third-order valence-electron chi connectivity index (χ3n) is 5.00. The standard InChI is InChI=1S/C18H20F3N3/c1-2-17(14-6-4-3-5-7-14)9-12-24(13-10-17)16-22-11-8-15(23-16)18(19,20)21/h3-8,11H,2,9-10,12-13H2,1H3. The number of rotatable bonds is 3. The van der Waals surface area contributed by atoms with Gasteiger partial charge >= 0.3 is 6.18 Å². The molecule has 2 heterocycles. The fourth-order valence-electron chi connectivity index (χ4n) is 3.43. The largest absolute Gasteiger partial charge is 0.433 e. The van der Waals surface area contributed by atoms with Crippen molar-refractivity contribution in [2.24, 2.45) is 0 Å². The van der Waals surface area contributed by atoms with Gasteiger partial charge in [0.25, 0.3) is 0 Å². The molecule has 0 N–H and O–H groups in total. The van der Waals surface area contributed by atoms with Crippen LogP contribution in [0.25, 0.3) is 0 Å². The van der Waals surface area contributed by atoms with Gasteiger partial charge in [-0.3, -0.25) is 0 Å². The monoisotopic (exact) mass is 335 g/mol. The summed E-state index contributed by atoms with van der Waals surface area (Å²) in [6.45, 7) is 3.48. The van der Waals surface area contributed by atoms with Crippen molar-refractivity contribution in [3.8, 4) is 0 Å². The van der Waals surface area contributed by atoms with Crippen molar-refractivity contribution in [2.45, 2.75) is 37.8 Å². The van der Waals surface area contributed by atoms with Crippen molar-refractivity contribution < 1.29 is 13.2 Å². The van der Waals surface area contributed by atoms with Crippen LogP contribution in [-0.2, 0) is 11.6 Å². The molecular weight excluding hydrogens is 315 g/mol. The molecule has 3 rings (SSSR count). The zero-order valence-electron chi connectivity index (χ0n) is 13.6. The van der Waals surface area contributed by atoms with Crippen LogP contribution in [0.1, 0.15) is 37.4 Å². The predicted octanol–water partition coefficient (Wildman–Crippen LogP) is 4.44. The van der Waals surface area contributed by atoms with Gasteiger partial charge in [-0.1, -0.05) is 37.3 Å². The minimum Gasteiger partial charge on any atom is -0.341 e. The lowest BCUT2D eigenvalue weighted by Gasteiger charge is -2.42. The average Bonchev–Trinajstić information content (AvgIpc) is 2.62. The molecule has 0 atom stereocenters. The van der Waals surface area contributed by atoms with E-state index in [0.29, 0.717) is 13.1 Å². The maximum atomic E-state index is 12.8. The maximum absolute atomic E-state index is 12.8. The molecule has 1 aromatic carbocycles. The first-order chi connectivity index (χ1) is 11.4. The quantitative estimate of drug-likeness (QED) is 0.830. The van der Waals surface area contributed by atoms with Gasteiger partial charge in [0, 0.05) is 19.3 Å². The summed E-state index contributed by atoms with van der Waals surface area (Å²) in [7, 11) is 0. The van der Waals surface area contributed by atoms with Gasteiger partial charge in [-0.05, 0) is 36.3 Å². The molecule has 1 aliphatic rings.